The second kappa shape index (κ2) is 5.18. The van der Waals surface area contributed by atoms with E-state index in [0.717, 1.165) is 0 Å². The van der Waals surface area contributed by atoms with Crippen molar-refractivity contribution >= 4 is 29.0 Å². The fourth-order valence-corrected chi connectivity index (χ4v) is 3.56. The van der Waals surface area contributed by atoms with Crippen LogP contribution in [-0.4, -0.2) is 40.5 Å². The lowest BCUT2D eigenvalue weighted by molar-refractivity contribution is 0.221. The summed E-state index contributed by atoms with van der Waals surface area (Å²) in [4.78, 5) is 16.1. The van der Waals surface area contributed by atoms with Gasteiger partial charge in [-0.3, -0.25) is 4.90 Å². The molecule has 0 aromatic heterocycles. The molecule has 2 fully saturated rings. The van der Waals surface area contributed by atoms with E-state index in [1.165, 1.54) is 0 Å². The molecule has 0 unspecified atom stereocenters. The first-order valence-electron chi connectivity index (χ1n) is 7.01. The fraction of sp³-hybridized carbons (Fsp3) is 0.400. The number of halogens is 1. The minimum Gasteiger partial charge on any atom is -0.411 e. The summed E-state index contributed by atoms with van der Waals surface area (Å²) in [5, 5.41) is 21.9. The van der Waals surface area contributed by atoms with Crippen molar-refractivity contribution < 1.29 is 10.0 Å². The fourth-order valence-electron chi connectivity index (χ4n) is 3.36. The van der Waals surface area contributed by atoms with Gasteiger partial charge in [-0.25, -0.2) is 4.79 Å². The number of urea groups is 1. The first-order chi connectivity index (χ1) is 10.5. The lowest BCUT2D eigenvalue weighted by Gasteiger charge is -2.25. The maximum atomic E-state index is 12.7. The van der Waals surface area contributed by atoms with Crippen LogP contribution in [0.1, 0.15) is 24.5 Å². The minimum atomic E-state index is -0.216. The highest BCUT2D eigenvalue weighted by atomic mass is 35.5. The quantitative estimate of drug-likeness (QED) is 0.638. The largest absolute Gasteiger partial charge is 0.411 e. The third kappa shape index (κ3) is 1.86. The normalized spacial score (nSPS) is 25.7. The average molecular weight is 319 g/mol. The van der Waals surface area contributed by atoms with Crippen LogP contribution in [0.15, 0.2) is 17.3 Å². The van der Waals surface area contributed by atoms with Crippen molar-refractivity contribution in [3.63, 3.8) is 0 Å². The molecule has 2 aliphatic rings. The Hall–Kier alpha value is -2.26. The van der Waals surface area contributed by atoms with E-state index in [9.17, 15) is 4.79 Å². The summed E-state index contributed by atoms with van der Waals surface area (Å²) < 4.78 is 0. The highest BCUT2D eigenvalue weighted by Gasteiger charge is 2.50. The summed E-state index contributed by atoms with van der Waals surface area (Å²) in [6.45, 7) is 4.26. The number of carbonyl (C=O) groups is 1. The summed E-state index contributed by atoms with van der Waals surface area (Å²) in [5.41, 5.74) is 2.40. The number of hydrogen-bond donors (Lipinski definition) is 1. The average Bonchev–Trinajstić information content (AvgIpc) is 3.04. The van der Waals surface area contributed by atoms with E-state index in [0.29, 0.717) is 40.5 Å². The molecule has 2 heterocycles. The smallest absolute Gasteiger partial charge is 0.325 e. The molecule has 0 aliphatic carbocycles. The summed E-state index contributed by atoms with van der Waals surface area (Å²) in [7, 11) is 0. The van der Waals surface area contributed by atoms with Crippen LogP contribution in [0.4, 0.5) is 10.5 Å². The highest BCUT2D eigenvalue weighted by Crippen LogP contribution is 2.38. The summed E-state index contributed by atoms with van der Waals surface area (Å²) >= 11 is 6.21. The summed E-state index contributed by atoms with van der Waals surface area (Å²) in [5.74, 6) is 0. The van der Waals surface area contributed by atoms with Gasteiger partial charge in [0.05, 0.1) is 34.1 Å². The Morgan fingerprint density at radius 3 is 2.86 bits per heavy atom. The Balaban J connectivity index is 2.06. The number of oxime groups is 1. The number of carbonyl (C=O) groups excluding carboxylic acids is 1. The molecule has 0 spiro atoms. The molecule has 1 aromatic carbocycles. The van der Waals surface area contributed by atoms with E-state index in [1.54, 1.807) is 28.9 Å². The molecule has 22 heavy (non-hydrogen) atoms. The molecule has 0 radical (unpaired) electrons. The van der Waals surface area contributed by atoms with Crippen LogP contribution in [0.2, 0.25) is 5.02 Å². The molecular weight excluding hydrogens is 304 g/mol. The molecule has 1 aromatic rings. The number of fused-ring (bicyclic) bond motifs is 1. The van der Waals surface area contributed by atoms with Crippen molar-refractivity contribution in [3.05, 3.63) is 28.3 Å². The van der Waals surface area contributed by atoms with E-state index >= 15 is 0 Å². The van der Waals surface area contributed by atoms with Crippen molar-refractivity contribution in [2.24, 2.45) is 5.16 Å². The number of hydrogen-bond acceptors (Lipinski definition) is 4. The van der Waals surface area contributed by atoms with Gasteiger partial charge < -0.3 is 10.1 Å². The van der Waals surface area contributed by atoms with Gasteiger partial charge in [0.25, 0.3) is 0 Å². The minimum absolute atomic E-state index is 0.125. The van der Waals surface area contributed by atoms with Gasteiger partial charge in [0.2, 0.25) is 0 Å². The van der Waals surface area contributed by atoms with Crippen LogP contribution in [0, 0.1) is 18.3 Å². The molecule has 0 saturated carbocycles. The zero-order chi connectivity index (χ0) is 16.0. The number of nitrogens with zero attached hydrogens (tertiary/aromatic N) is 4. The predicted octanol–water partition coefficient (Wildman–Crippen LogP) is 2.75. The molecule has 2 atom stereocenters. The number of nitriles is 1. The zero-order valence-corrected chi connectivity index (χ0v) is 13.0. The van der Waals surface area contributed by atoms with Crippen molar-refractivity contribution in [1.29, 1.82) is 5.26 Å². The van der Waals surface area contributed by atoms with Gasteiger partial charge in [0.1, 0.15) is 6.07 Å². The van der Waals surface area contributed by atoms with E-state index in [-0.39, 0.29) is 18.1 Å². The van der Waals surface area contributed by atoms with Crippen LogP contribution in [0.25, 0.3) is 0 Å². The van der Waals surface area contributed by atoms with Gasteiger partial charge in [-0.15, -0.1) is 0 Å². The van der Waals surface area contributed by atoms with Gasteiger partial charge >= 0.3 is 6.03 Å². The molecular formula is C15H15ClN4O2. The third-order valence-corrected chi connectivity index (χ3v) is 4.96. The summed E-state index contributed by atoms with van der Waals surface area (Å²) in [6, 6.07) is 4.89. The first kappa shape index (κ1) is 14.7. The molecule has 7 heteroatoms. The Kier molecular flexibility index (Phi) is 3.45. The summed E-state index contributed by atoms with van der Waals surface area (Å²) in [6.07, 6.45) is 0.595. The maximum Gasteiger partial charge on any atom is 0.325 e. The molecule has 0 bridgehead atoms. The van der Waals surface area contributed by atoms with E-state index in [2.05, 4.69) is 5.16 Å². The van der Waals surface area contributed by atoms with Gasteiger partial charge in [0.15, 0.2) is 0 Å². The molecule has 2 saturated heterocycles. The van der Waals surface area contributed by atoms with E-state index in [4.69, 9.17) is 22.1 Å². The van der Waals surface area contributed by atoms with Crippen LogP contribution in [0.5, 0.6) is 0 Å². The second-order valence-electron chi connectivity index (χ2n) is 5.56. The van der Waals surface area contributed by atoms with Gasteiger partial charge in [-0.05, 0) is 31.5 Å². The number of rotatable bonds is 1. The lowest BCUT2D eigenvalue weighted by Crippen LogP contribution is -2.37. The standard InChI is InChI=1S/C15H15ClN4O2/c1-8-12(4-3-10(7-17)13(8)16)20-9(2)14-11(18-22)5-6-19(14)15(20)21/h3-4,9,14,22H,5-6H2,1-2H3/b18-11+/t9-,14+/m0/s1. The second-order valence-corrected chi connectivity index (χ2v) is 5.93. The van der Waals surface area contributed by atoms with Crippen molar-refractivity contribution in [3.8, 4) is 6.07 Å². The Bertz CT molecular complexity index is 725. The third-order valence-electron chi connectivity index (χ3n) is 4.47. The molecule has 6 nitrogen and oxygen atoms in total. The van der Waals surface area contributed by atoms with Crippen molar-refractivity contribution in [1.82, 2.24) is 4.90 Å². The van der Waals surface area contributed by atoms with Crippen LogP contribution < -0.4 is 4.90 Å². The van der Waals surface area contributed by atoms with Gasteiger partial charge in [-0.1, -0.05) is 16.8 Å². The van der Waals surface area contributed by atoms with E-state index in [1.807, 2.05) is 13.0 Å². The number of benzene rings is 1. The SMILES string of the molecule is Cc1c(N2C(=O)N3CC/C(=N\O)[C@H]3[C@@H]2C)ccc(C#N)c1Cl. The number of amides is 2. The Morgan fingerprint density at radius 1 is 1.50 bits per heavy atom. The van der Waals surface area contributed by atoms with Crippen molar-refractivity contribution in [2.75, 3.05) is 11.4 Å². The van der Waals surface area contributed by atoms with E-state index < -0.39 is 0 Å². The zero-order valence-electron chi connectivity index (χ0n) is 12.2. The van der Waals surface area contributed by atoms with Crippen molar-refractivity contribution in [2.45, 2.75) is 32.4 Å². The van der Waals surface area contributed by atoms with Gasteiger partial charge in [-0.2, -0.15) is 5.26 Å². The molecule has 114 valence electrons. The first-order valence-corrected chi connectivity index (χ1v) is 7.39. The van der Waals surface area contributed by atoms with Crippen LogP contribution in [-0.2, 0) is 0 Å². The lowest BCUT2D eigenvalue weighted by atomic mass is 10.0. The van der Waals surface area contributed by atoms with Crippen LogP contribution >= 0.6 is 11.6 Å². The molecule has 3 rings (SSSR count). The maximum absolute atomic E-state index is 12.7. The molecule has 1 N–H and O–H groups in total. The number of anilines is 1. The monoisotopic (exact) mass is 318 g/mol. The highest BCUT2D eigenvalue weighted by molar-refractivity contribution is 6.33. The molecule has 2 amide bonds. The predicted molar refractivity (Wildman–Crippen MR) is 82.6 cm³/mol. The van der Waals surface area contributed by atoms with Crippen LogP contribution in [0.3, 0.4) is 0 Å². The molecule has 2 aliphatic heterocycles. The Labute approximate surface area is 133 Å². The van der Waals surface area contributed by atoms with Gasteiger partial charge in [0, 0.05) is 13.0 Å². The Morgan fingerprint density at radius 2 is 2.23 bits per heavy atom. The topological polar surface area (TPSA) is 79.9 Å².